The number of hydrogen-bond acceptors (Lipinski definition) is 2. The van der Waals surface area contributed by atoms with Gasteiger partial charge in [0.15, 0.2) is 0 Å². The van der Waals surface area contributed by atoms with Crippen molar-refractivity contribution in [2.75, 3.05) is 0 Å². The lowest BCUT2D eigenvalue weighted by Crippen LogP contribution is -2.30. The fourth-order valence-electron chi connectivity index (χ4n) is 2.48. The molecular formula is C18H23N3O. The fourth-order valence-corrected chi connectivity index (χ4v) is 2.48. The maximum atomic E-state index is 12.6. The van der Waals surface area contributed by atoms with Gasteiger partial charge in [-0.3, -0.25) is 10.2 Å². The summed E-state index contributed by atoms with van der Waals surface area (Å²) in [5.74, 6) is -0.178. The zero-order chi connectivity index (χ0) is 16.1. The third-order valence-corrected chi connectivity index (χ3v) is 3.86. The Morgan fingerprint density at radius 2 is 1.82 bits per heavy atom. The minimum Gasteiger partial charge on any atom is -0.384 e. The SMILES string of the molecule is CCCCn1c(-c2ccc(CC)cc2)ccc(C(=N)N)c1=O. The first-order valence-electron chi connectivity index (χ1n) is 7.76. The number of aryl methyl sites for hydroxylation is 1. The highest BCUT2D eigenvalue weighted by Gasteiger charge is 2.12. The molecule has 0 atom stereocenters. The van der Waals surface area contributed by atoms with Crippen LogP contribution in [0.2, 0.25) is 0 Å². The average molecular weight is 297 g/mol. The van der Waals surface area contributed by atoms with Crippen LogP contribution in [-0.2, 0) is 13.0 Å². The Bertz CT molecular complexity index is 714. The Balaban J connectivity index is 2.55. The molecule has 1 aromatic carbocycles. The van der Waals surface area contributed by atoms with Crippen molar-refractivity contribution in [3.63, 3.8) is 0 Å². The van der Waals surface area contributed by atoms with E-state index in [0.717, 1.165) is 30.5 Å². The molecule has 2 rings (SSSR count). The number of benzene rings is 1. The van der Waals surface area contributed by atoms with E-state index in [4.69, 9.17) is 11.1 Å². The lowest BCUT2D eigenvalue weighted by Gasteiger charge is -2.14. The van der Waals surface area contributed by atoms with Crippen LogP contribution in [0.15, 0.2) is 41.2 Å². The second-order valence-electron chi connectivity index (χ2n) is 5.41. The van der Waals surface area contributed by atoms with Gasteiger partial charge >= 0.3 is 0 Å². The van der Waals surface area contributed by atoms with Gasteiger partial charge in [-0.05, 0) is 36.1 Å². The van der Waals surface area contributed by atoms with E-state index >= 15 is 0 Å². The summed E-state index contributed by atoms with van der Waals surface area (Å²) in [4.78, 5) is 12.6. The molecule has 0 saturated carbocycles. The topological polar surface area (TPSA) is 71.9 Å². The molecule has 0 radical (unpaired) electrons. The van der Waals surface area contributed by atoms with Crippen molar-refractivity contribution in [1.29, 1.82) is 5.41 Å². The van der Waals surface area contributed by atoms with Crippen molar-refractivity contribution in [3.8, 4) is 11.3 Å². The average Bonchev–Trinajstić information content (AvgIpc) is 2.53. The van der Waals surface area contributed by atoms with Gasteiger partial charge in [0.05, 0.1) is 11.3 Å². The first-order valence-corrected chi connectivity index (χ1v) is 7.76. The van der Waals surface area contributed by atoms with E-state index in [2.05, 4.69) is 26.0 Å². The van der Waals surface area contributed by atoms with Crippen LogP contribution in [-0.4, -0.2) is 10.4 Å². The molecule has 0 unspecified atom stereocenters. The van der Waals surface area contributed by atoms with Gasteiger partial charge in [-0.1, -0.05) is 44.5 Å². The Morgan fingerprint density at radius 1 is 1.14 bits per heavy atom. The van der Waals surface area contributed by atoms with Gasteiger partial charge in [-0.15, -0.1) is 0 Å². The molecule has 1 aromatic heterocycles. The van der Waals surface area contributed by atoms with Crippen LogP contribution in [0.25, 0.3) is 11.3 Å². The summed E-state index contributed by atoms with van der Waals surface area (Å²) < 4.78 is 1.74. The van der Waals surface area contributed by atoms with Crippen molar-refractivity contribution in [1.82, 2.24) is 4.57 Å². The number of rotatable bonds is 6. The molecule has 22 heavy (non-hydrogen) atoms. The first-order chi connectivity index (χ1) is 10.6. The fraction of sp³-hybridized carbons (Fsp3) is 0.333. The summed E-state index contributed by atoms with van der Waals surface area (Å²) in [6.45, 7) is 4.85. The van der Waals surface area contributed by atoms with Gasteiger partial charge < -0.3 is 10.3 Å². The van der Waals surface area contributed by atoms with Gasteiger partial charge in [-0.2, -0.15) is 0 Å². The Morgan fingerprint density at radius 3 is 2.36 bits per heavy atom. The monoisotopic (exact) mass is 297 g/mol. The van der Waals surface area contributed by atoms with Crippen molar-refractivity contribution >= 4 is 5.84 Å². The maximum absolute atomic E-state index is 12.6. The molecule has 0 fully saturated rings. The molecule has 0 saturated heterocycles. The number of unbranched alkanes of at least 4 members (excludes halogenated alkanes) is 1. The Kier molecular flexibility index (Phi) is 5.15. The number of aromatic nitrogens is 1. The zero-order valence-corrected chi connectivity index (χ0v) is 13.2. The highest BCUT2D eigenvalue weighted by atomic mass is 16.1. The summed E-state index contributed by atoms with van der Waals surface area (Å²) in [5.41, 5.74) is 8.76. The molecule has 0 spiro atoms. The molecule has 2 aromatic rings. The molecule has 116 valence electrons. The number of nitrogen functional groups attached to an aromatic ring is 1. The van der Waals surface area contributed by atoms with Gasteiger partial charge in [0.25, 0.3) is 5.56 Å². The number of nitrogens with one attached hydrogen (secondary N) is 1. The highest BCUT2D eigenvalue weighted by Crippen LogP contribution is 2.20. The molecule has 0 amide bonds. The van der Waals surface area contributed by atoms with E-state index in [1.165, 1.54) is 5.56 Å². The number of nitrogens with zero attached hydrogens (tertiary/aromatic N) is 1. The van der Waals surface area contributed by atoms with Crippen molar-refractivity contribution in [2.24, 2.45) is 5.73 Å². The minimum atomic E-state index is -0.182. The predicted molar refractivity (Wildman–Crippen MR) is 91.4 cm³/mol. The van der Waals surface area contributed by atoms with Crippen molar-refractivity contribution in [3.05, 3.63) is 57.9 Å². The van der Waals surface area contributed by atoms with Crippen LogP contribution in [0, 0.1) is 5.41 Å². The summed E-state index contributed by atoms with van der Waals surface area (Å²) >= 11 is 0. The molecule has 1 heterocycles. The molecule has 0 aliphatic carbocycles. The number of amidine groups is 1. The molecule has 0 aliphatic heterocycles. The van der Waals surface area contributed by atoms with Gasteiger partial charge in [0.1, 0.15) is 5.84 Å². The normalized spacial score (nSPS) is 10.6. The standard InChI is InChI=1S/C18H23N3O/c1-3-5-12-21-16(11-10-15(17(19)20)18(21)22)14-8-6-13(4-2)7-9-14/h6-11H,3-5,12H2,1-2H3,(H3,19,20). The maximum Gasteiger partial charge on any atom is 0.262 e. The first kappa shape index (κ1) is 16.0. The molecule has 4 heteroatoms. The summed E-state index contributed by atoms with van der Waals surface area (Å²) in [6.07, 6.45) is 2.92. The van der Waals surface area contributed by atoms with E-state index in [9.17, 15) is 4.79 Å². The molecular weight excluding hydrogens is 274 g/mol. The van der Waals surface area contributed by atoms with Crippen molar-refractivity contribution in [2.45, 2.75) is 39.7 Å². The van der Waals surface area contributed by atoms with E-state index < -0.39 is 0 Å². The largest absolute Gasteiger partial charge is 0.384 e. The zero-order valence-electron chi connectivity index (χ0n) is 13.2. The number of hydrogen-bond donors (Lipinski definition) is 2. The summed E-state index contributed by atoms with van der Waals surface area (Å²) in [6, 6.07) is 11.8. The molecule has 4 nitrogen and oxygen atoms in total. The second kappa shape index (κ2) is 7.07. The lowest BCUT2D eigenvalue weighted by molar-refractivity contribution is 0.618. The molecule has 3 N–H and O–H groups in total. The Hall–Kier alpha value is -2.36. The van der Waals surface area contributed by atoms with Gasteiger partial charge in [0, 0.05) is 6.54 Å². The van der Waals surface area contributed by atoms with E-state index in [1.54, 1.807) is 10.6 Å². The predicted octanol–water partition coefficient (Wildman–Crippen LogP) is 3.16. The number of nitrogens with two attached hydrogens (primary N) is 1. The molecule has 0 aliphatic rings. The second-order valence-corrected chi connectivity index (χ2v) is 5.41. The van der Waals surface area contributed by atoms with Crippen LogP contribution in [0.5, 0.6) is 0 Å². The van der Waals surface area contributed by atoms with Crippen LogP contribution in [0.3, 0.4) is 0 Å². The summed E-state index contributed by atoms with van der Waals surface area (Å²) in [7, 11) is 0. The third kappa shape index (κ3) is 3.27. The smallest absolute Gasteiger partial charge is 0.262 e. The van der Waals surface area contributed by atoms with E-state index in [-0.39, 0.29) is 17.0 Å². The van der Waals surface area contributed by atoms with Crippen molar-refractivity contribution < 1.29 is 0 Å². The van der Waals surface area contributed by atoms with E-state index in [1.807, 2.05) is 18.2 Å². The third-order valence-electron chi connectivity index (χ3n) is 3.86. The number of pyridine rings is 1. The molecule has 0 bridgehead atoms. The quantitative estimate of drug-likeness (QED) is 0.635. The van der Waals surface area contributed by atoms with E-state index in [0.29, 0.717) is 6.54 Å². The van der Waals surface area contributed by atoms with Crippen LogP contribution in [0.4, 0.5) is 0 Å². The van der Waals surface area contributed by atoms with Gasteiger partial charge in [-0.25, -0.2) is 0 Å². The minimum absolute atomic E-state index is 0.178. The van der Waals surface area contributed by atoms with Crippen LogP contribution in [0.1, 0.15) is 37.8 Å². The highest BCUT2D eigenvalue weighted by molar-refractivity contribution is 5.94. The van der Waals surface area contributed by atoms with Crippen LogP contribution >= 0.6 is 0 Å². The summed E-state index contributed by atoms with van der Waals surface area (Å²) in [5, 5.41) is 7.54. The lowest BCUT2D eigenvalue weighted by atomic mass is 10.1. The Labute approximate surface area is 131 Å². The van der Waals surface area contributed by atoms with Gasteiger partial charge in [0.2, 0.25) is 0 Å². The van der Waals surface area contributed by atoms with Crippen LogP contribution < -0.4 is 11.3 Å².